The van der Waals surface area contributed by atoms with Crippen molar-refractivity contribution in [1.82, 2.24) is 15.5 Å². The third kappa shape index (κ3) is 2.58. The molecular formula is C7H11F2N3. The summed E-state index contributed by atoms with van der Waals surface area (Å²) in [6, 6.07) is 0. The summed E-state index contributed by atoms with van der Waals surface area (Å²) >= 11 is 0. The van der Waals surface area contributed by atoms with Gasteiger partial charge >= 0.3 is 0 Å². The Labute approximate surface area is 69.2 Å². The van der Waals surface area contributed by atoms with Gasteiger partial charge in [0.25, 0.3) is 6.43 Å². The first kappa shape index (κ1) is 9.12. The fraction of sp³-hybridized carbons (Fsp3) is 0.571. The molecule has 0 fully saturated rings. The number of H-pyrrole nitrogens is 1. The highest BCUT2D eigenvalue weighted by Gasteiger charge is 2.03. The van der Waals surface area contributed by atoms with Gasteiger partial charge < -0.3 is 5.32 Å². The van der Waals surface area contributed by atoms with Crippen molar-refractivity contribution in [3.8, 4) is 0 Å². The lowest BCUT2D eigenvalue weighted by Gasteiger charge is -2.01. The first-order chi connectivity index (χ1) is 5.70. The quantitative estimate of drug-likeness (QED) is 0.718. The van der Waals surface area contributed by atoms with Gasteiger partial charge in [-0.25, -0.2) is 8.78 Å². The summed E-state index contributed by atoms with van der Waals surface area (Å²) < 4.78 is 23.4. The van der Waals surface area contributed by atoms with Gasteiger partial charge in [0, 0.05) is 17.8 Å². The Hall–Kier alpha value is -0.970. The van der Waals surface area contributed by atoms with E-state index in [1.54, 1.807) is 6.20 Å². The Morgan fingerprint density at radius 2 is 2.42 bits per heavy atom. The molecule has 0 aliphatic rings. The minimum atomic E-state index is -2.29. The second-order valence-corrected chi connectivity index (χ2v) is 2.54. The van der Waals surface area contributed by atoms with Crippen molar-refractivity contribution in [2.75, 3.05) is 6.54 Å². The summed E-state index contributed by atoms with van der Waals surface area (Å²) in [5.74, 6) is 0. The average molecular weight is 175 g/mol. The van der Waals surface area contributed by atoms with Crippen LogP contribution in [0.3, 0.4) is 0 Å². The first-order valence-electron chi connectivity index (χ1n) is 3.68. The molecule has 12 heavy (non-hydrogen) atoms. The molecule has 0 spiro atoms. The molecule has 5 heteroatoms. The number of rotatable bonds is 4. The third-order valence-electron chi connectivity index (χ3n) is 1.55. The molecule has 0 amide bonds. The fourth-order valence-corrected chi connectivity index (χ4v) is 0.870. The van der Waals surface area contributed by atoms with Crippen molar-refractivity contribution in [2.45, 2.75) is 19.9 Å². The summed E-state index contributed by atoms with van der Waals surface area (Å²) in [7, 11) is 0. The van der Waals surface area contributed by atoms with Crippen LogP contribution in [0.1, 0.15) is 11.3 Å². The summed E-state index contributed by atoms with van der Waals surface area (Å²) in [5, 5.41) is 9.11. The topological polar surface area (TPSA) is 40.7 Å². The molecule has 0 saturated heterocycles. The molecule has 0 atom stereocenters. The normalized spacial score (nSPS) is 11.0. The number of nitrogens with one attached hydrogen (secondary N) is 2. The molecular weight excluding hydrogens is 164 g/mol. The zero-order valence-electron chi connectivity index (χ0n) is 6.77. The standard InChI is InChI=1S/C7H11F2N3/c1-5-6(3-11-12-5)2-10-4-7(8)9/h3,7,10H,2,4H2,1H3,(H,11,12). The van der Waals surface area contributed by atoms with Crippen LogP contribution in [0.2, 0.25) is 0 Å². The minimum Gasteiger partial charge on any atom is -0.307 e. The number of hydrogen-bond acceptors (Lipinski definition) is 2. The Bertz CT molecular complexity index is 234. The van der Waals surface area contributed by atoms with E-state index in [4.69, 9.17) is 0 Å². The summed E-state index contributed by atoms with van der Waals surface area (Å²) in [6.07, 6.45) is -0.662. The molecule has 0 saturated carbocycles. The largest absolute Gasteiger partial charge is 0.307 e. The van der Waals surface area contributed by atoms with Crippen LogP contribution in [0, 0.1) is 6.92 Å². The van der Waals surface area contributed by atoms with Gasteiger partial charge in [-0.15, -0.1) is 0 Å². The van der Waals surface area contributed by atoms with Crippen LogP contribution in [0.25, 0.3) is 0 Å². The van der Waals surface area contributed by atoms with E-state index in [1.807, 2.05) is 6.92 Å². The number of aryl methyl sites for hydroxylation is 1. The molecule has 1 rings (SSSR count). The van der Waals surface area contributed by atoms with Crippen LogP contribution >= 0.6 is 0 Å². The molecule has 0 unspecified atom stereocenters. The average Bonchev–Trinajstić information content (AvgIpc) is 2.36. The maximum atomic E-state index is 11.7. The molecule has 68 valence electrons. The molecule has 3 nitrogen and oxygen atoms in total. The van der Waals surface area contributed by atoms with Crippen LogP contribution < -0.4 is 5.32 Å². The van der Waals surface area contributed by atoms with E-state index in [1.165, 1.54) is 0 Å². The van der Waals surface area contributed by atoms with E-state index >= 15 is 0 Å². The highest BCUT2D eigenvalue weighted by atomic mass is 19.3. The number of nitrogens with zero attached hydrogens (tertiary/aromatic N) is 1. The second-order valence-electron chi connectivity index (χ2n) is 2.54. The van der Waals surface area contributed by atoms with E-state index in [0.29, 0.717) is 6.54 Å². The Morgan fingerprint density at radius 1 is 1.67 bits per heavy atom. The maximum Gasteiger partial charge on any atom is 0.250 e. The van der Waals surface area contributed by atoms with Gasteiger partial charge in [-0.3, -0.25) is 5.10 Å². The molecule has 0 aliphatic heterocycles. The van der Waals surface area contributed by atoms with E-state index in [2.05, 4.69) is 15.5 Å². The molecule has 0 radical (unpaired) electrons. The molecule has 1 heterocycles. The van der Waals surface area contributed by atoms with E-state index < -0.39 is 6.43 Å². The lowest BCUT2D eigenvalue weighted by atomic mass is 10.3. The number of halogens is 2. The number of aromatic nitrogens is 2. The molecule has 0 aromatic carbocycles. The number of alkyl halides is 2. The number of hydrogen-bond donors (Lipinski definition) is 2. The van der Waals surface area contributed by atoms with Crippen LogP contribution in [-0.2, 0) is 6.54 Å². The highest BCUT2D eigenvalue weighted by Crippen LogP contribution is 2.01. The summed E-state index contributed by atoms with van der Waals surface area (Å²) in [5.41, 5.74) is 1.84. The Kier molecular flexibility index (Phi) is 3.16. The van der Waals surface area contributed by atoms with Gasteiger partial charge in [0.1, 0.15) is 0 Å². The van der Waals surface area contributed by atoms with Crippen LogP contribution in [0.4, 0.5) is 8.78 Å². The van der Waals surface area contributed by atoms with Gasteiger partial charge in [0.15, 0.2) is 0 Å². The van der Waals surface area contributed by atoms with Crippen LogP contribution in [0.5, 0.6) is 0 Å². The smallest absolute Gasteiger partial charge is 0.250 e. The molecule has 1 aromatic rings. The van der Waals surface area contributed by atoms with E-state index in [9.17, 15) is 8.78 Å². The SMILES string of the molecule is Cc1[nH]ncc1CNCC(F)F. The summed E-state index contributed by atoms with van der Waals surface area (Å²) in [6.45, 7) is 2.02. The minimum absolute atomic E-state index is 0.273. The van der Waals surface area contributed by atoms with Gasteiger partial charge in [0.05, 0.1) is 12.7 Å². The van der Waals surface area contributed by atoms with Gasteiger partial charge in [-0.05, 0) is 6.92 Å². The van der Waals surface area contributed by atoms with E-state index in [0.717, 1.165) is 11.3 Å². The lowest BCUT2D eigenvalue weighted by molar-refractivity contribution is 0.145. The molecule has 2 N–H and O–H groups in total. The predicted molar refractivity (Wildman–Crippen MR) is 41.0 cm³/mol. The van der Waals surface area contributed by atoms with Crippen molar-refractivity contribution in [3.05, 3.63) is 17.5 Å². The molecule has 0 bridgehead atoms. The monoisotopic (exact) mass is 175 g/mol. The lowest BCUT2D eigenvalue weighted by Crippen LogP contribution is -2.20. The third-order valence-corrected chi connectivity index (χ3v) is 1.55. The first-order valence-corrected chi connectivity index (χ1v) is 3.68. The fourth-order valence-electron chi connectivity index (χ4n) is 0.870. The molecule has 0 aliphatic carbocycles. The highest BCUT2D eigenvalue weighted by molar-refractivity contribution is 5.13. The molecule has 1 aromatic heterocycles. The Morgan fingerprint density at radius 3 is 2.92 bits per heavy atom. The number of aromatic amines is 1. The van der Waals surface area contributed by atoms with Gasteiger partial charge in [-0.2, -0.15) is 5.10 Å². The second kappa shape index (κ2) is 4.15. The zero-order chi connectivity index (χ0) is 8.97. The van der Waals surface area contributed by atoms with Gasteiger partial charge in [0.2, 0.25) is 0 Å². The van der Waals surface area contributed by atoms with Crippen molar-refractivity contribution in [1.29, 1.82) is 0 Å². The van der Waals surface area contributed by atoms with Gasteiger partial charge in [-0.1, -0.05) is 0 Å². The summed E-state index contributed by atoms with van der Waals surface area (Å²) in [4.78, 5) is 0. The van der Waals surface area contributed by atoms with Crippen LogP contribution in [0.15, 0.2) is 6.20 Å². The van der Waals surface area contributed by atoms with Crippen molar-refractivity contribution < 1.29 is 8.78 Å². The van der Waals surface area contributed by atoms with E-state index in [-0.39, 0.29) is 6.54 Å². The van der Waals surface area contributed by atoms with Crippen molar-refractivity contribution >= 4 is 0 Å². The van der Waals surface area contributed by atoms with Crippen molar-refractivity contribution in [3.63, 3.8) is 0 Å². The Balaban J connectivity index is 2.29. The maximum absolute atomic E-state index is 11.7. The van der Waals surface area contributed by atoms with Crippen LogP contribution in [-0.4, -0.2) is 23.2 Å². The zero-order valence-corrected chi connectivity index (χ0v) is 6.77. The van der Waals surface area contributed by atoms with Crippen molar-refractivity contribution in [2.24, 2.45) is 0 Å². The predicted octanol–water partition coefficient (Wildman–Crippen LogP) is 1.07.